The van der Waals surface area contributed by atoms with Crippen LogP contribution in [-0.4, -0.2) is 26.2 Å². The van der Waals surface area contributed by atoms with Gasteiger partial charge in [-0.1, -0.05) is 36.4 Å². The number of hydrogen-bond acceptors (Lipinski definition) is 3. The summed E-state index contributed by atoms with van der Waals surface area (Å²) in [5, 5.41) is 10.4. The molecule has 2 aromatic carbocycles. The second-order valence-electron chi connectivity index (χ2n) is 4.51. The van der Waals surface area contributed by atoms with Gasteiger partial charge in [-0.05, 0) is 24.8 Å². The Labute approximate surface area is 113 Å². The number of sulfonamides is 1. The van der Waals surface area contributed by atoms with Crippen LogP contribution in [0.3, 0.4) is 0 Å². The van der Waals surface area contributed by atoms with Gasteiger partial charge in [-0.25, -0.2) is 13.1 Å². The van der Waals surface area contributed by atoms with Crippen LogP contribution in [0.5, 0.6) is 0 Å². The van der Waals surface area contributed by atoms with Gasteiger partial charge < -0.3 is 5.11 Å². The van der Waals surface area contributed by atoms with Crippen molar-refractivity contribution >= 4 is 20.8 Å². The Balaban J connectivity index is 2.43. The van der Waals surface area contributed by atoms with E-state index >= 15 is 0 Å². The third kappa shape index (κ3) is 3.12. The molecular weight excluding hydrogens is 262 g/mol. The van der Waals surface area contributed by atoms with Crippen LogP contribution in [0.25, 0.3) is 10.8 Å². The molecule has 0 aliphatic rings. The van der Waals surface area contributed by atoms with E-state index in [4.69, 9.17) is 5.11 Å². The molecule has 0 spiro atoms. The Morgan fingerprint density at radius 3 is 2.58 bits per heavy atom. The summed E-state index contributed by atoms with van der Waals surface area (Å²) in [4.78, 5) is 0.274. The first kappa shape index (κ1) is 14.0. The van der Waals surface area contributed by atoms with E-state index in [0.717, 1.165) is 5.39 Å². The normalized spacial score (nSPS) is 13.6. The minimum absolute atomic E-state index is 0.0424. The monoisotopic (exact) mass is 279 g/mol. The van der Waals surface area contributed by atoms with Crippen molar-refractivity contribution in [2.45, 2.75) is 24.3 Å². The van der Waals surface area contributed by atoms with E-state index in [0.29, 0.717) is 11.8 Å². The smallest absolute Gasteiger partial charge is 0.241 e. The minimum Gasteiger partial charge on any atom is -0.396 e. The van der Waals surface area contributed by atoms with Crippen molar-refractivity contribution in [1.29, 1.82) is 0 Å². The largest absolute Gasteiger partial charge is 0.396 e. The van der Waals surface area contributed by atoms with E-state index in [-0.39, 0.29) is 17.5 Å². The van der Waals surface area contributed by atoms with Crippen molar-refractivity contribution < 1.29 is 13.5 Å². The van der Waals surface area contributed by atoms with Gasteiger partial charge in [0.25, 0.3) is 0 Å². The van der Waals surface area contributed by atoms with Gasteiger partial charge in [0, 0.05) is 18.0 Å². The first-order chi connectivity index (χ1) is 9.04. The van der Waals surface area contributed by atoms with Crippen LogP contribution < -0.4 is 4.72 Å². The fraction of sp³-hybridized carbons (Fsp3) is 0.286. The first-order valence-electron chi connectivity index (χ1n) is 6.15. The first-order valence-corrected chi connectivity index (χ1v) is 7.64. The molecule has 2 N–H and O–H groups in total. The highest BCUT2D eigenvalue weighted by atomic mass is 32.2. The fourth-order valence-corrected chi connectivity index (χ4v) is 3.52. The lowest BCUT2D eigenvalue weighted by Crippen LogP contribution is -2.33. The quantitative estimate of drug-likeness (QED) is 0.878. The molecule has 0 fully saturated rings. The molecule has 1 unspecified atom stereocenters. The van der Waals surface area contributed by atoms with Crippen molar-refractivity contribution in [3.63, 3.8) is 0 Å². The topological polar surface area (TPSA) is 66.4 Å². The standard InChI is InChI=1S/C14H17NO3S/c1-11(9-10-16)15-19(17,18)14-8-4-6-12-5-2-3-7-13(12)14/h2-8,11,15-16H,9-10H2,1H3. The van der Waals surface area contributed by atoms with Crippen LogP contribution in [0, 0.1) is 0 Å². The number of aliphatic hydroxyl groups excluding tert-OH is 1. The van der Waals surface area contributed by atoms with Gasteiger partial charge in [-0.15, -0.1) is 0 Å². The zero-order valence-corrected chi connectivity index (χ0v) is 11.5. The molecule has 0 aliphatic heterocycles. The fourth-order valence-electron chi connectivity index (χ4n) is 2.01. The summed E-state index contributed by atoms with van der Waals surface area (Å²) in [7, 11) is -3.57. The number of fused-ring (bicyclic) bond motifs is 1. The molecule has 0 amide bonds. The lowest BCUT2D eigenvalue weighted by Gasteiger charge is -2.14. The van der Waals surface area contributed by atoms with Gasteiger partial charge in [0.15, 0.2) is 0 Å². The van der Waals surface area contributed by atoms with Gasteiger partial charge in [-0.2, -0.15) is 0 Å². The Morgan fingerprint density at radius 1 is 1.16 bits per heavy atom. The zero-order chi connectivity index (χ0) is 13.9. The van der Waals surface area contributed by atoms with Gasteiger partial charge in [0.2, 0.25) is 10.0 Å². The summed E-state index contributed by atoms with van der Waals surface area (Å²) in [5.74, 6) is 0. The van der Waals surface area contributed by atoms with Crippen molar-refractivity contribution in [2.24, 2.45) is 0 Å². The molecule has 0 bridgehead atoms. The molecule has 2 rings (SSSR count). The molecule has 2 aromatic rings. The van der Waals surface area contributed by atoms with Crippen molar-refractivity contribution in [3.8, 4) is 0 Å². The van der Waals surface area contributed by atoms with Crippen LogP contribution in [0.2, 0.25) is 0 Å². The molecule has 0 heterocycles. The van der Waals surface area contributed by atoms with E-state index in [2.05, 4.69) is 4.72 Å². The lowest BCUT2D eigenvalue weighted by molar-refractivity contribution is 0.275. The van der Waals surface area contributed by atoms with Crippen LogP contribution in [0.4, 0.5) is 0 Å². The molecular formula is C14H17NO3S. The average molecular weight is 279 g/mol. The molecule has 5 heteroatoms. The summed E-state index contributed by atoms with van der Waals surface area (Å²) in [5.41, 5.74) is 0. The van der Waals surface area contributed by atoms with Crippen LogP contribution in [-0.2, 0) is 10.0 Å². The molecule has 4 nitrogen and oxygen atoms in total. The highest BCUT2D eigenvalue weighted by molar-refractivity contribution is 7.89. The average Bonchev–Trinajstić information content (AvgIpc) is 2.37. The summed E-state index contributed by atoms with van der Waals surface area (Å²) in [6.45, 7) is 1.69. The van der Waals surface area contributed by atoms with E-state index in [9.17, 15) is 8.42 Å². The Hall–Kier alpha value is -1.43. The second kappa shape index (κ2) is 5.69. The maximum atomic E-state index is 12.3. The summed E-state index contributed by atoms with van der Waals surface area (Å²) in [6.07, 6.45) is 0.393. The molecule has 0 aliphatic carbocycles. The number of benzene rings is 2. The van der Waals surface area contributed by atoms with E-state index in [1.54, 1.807) is 25.1 Å². The maximum absolute atomic E-state index is 12.3. The van der Waals surface area contributed by atoms with E-state index in [1.807, 2.05) is 24.3 Å². The van der Waals surface area contributed by atoms with Gasteiger partial charge in [0.1, 0.15) is 0 Å². The van der Waals surface area contributed by atoms with E-state index < -0.39 is 10.0 Å². The van der Waals surface area contributed by atoms with Crippen LogP contribution in [0.15, 0.2) is 47.4 Å². The molecule has 19 heavy (non-hydrogen) atoms. The van der Waals surface area contributed by atoms with Crippen LogP contribution in [0.1, 0.15) is 13.3 Å². The Morgan fingerprint density at radius 2 is 1.84 bits per heavy atom. The number of hydrogen-bond donors (Lipinski definition) is 2. The van der Waals surface area contributed by atoms with Crippen molar-refractivity contribution in [1.82, 2.24) is 4.72 Å². The third-order valence-corrected chi connectivity index (χ3v) is 4.61. The Bertz CT molecular complexity index is 662. The number of nitrogens with one attached hydrogen (secondary N) is 1. The molecule has 0 saturated carbocycles. The predicted molar refractivity (Wildman–Crippen MR) is 75.4 cm³/mol. The SMILES string of the molecule is CC(CCO)NS(=O)(=O)c1cccc2ccccc12. The summed E-state index contributed by atoms with van der Waals surface area (Å²) in [6, 6.07) is 12.3. The number of rotatable bonds is 5. The van der Waals surface area contributed by atoms with Gasteiger partial charge in [0.05, 0.1) is 4.90 Å². The highest BCUT2D eigenvalue weighted by Gasteiger charge is 2.19. The maximum Gasteiger partial charge on any atom is 0.241 e. The lowest BCUT2D eigenvalue weighted by atomic mass is 10.1. The molecule has 0 aromatic heterocycles. The van der Waals surface area contributed by atoms with Gasteiger partial charge >= 0.3 is 0 Å². The third-order valence-electron chi connectivity index (χ3n) is 2.96. The molecule has 0 saturated heterocycles. The molecule has 102 valence electrons. The number of aliphatic hydroxyl groups is 1. The van der Waals surface area contributed by atoms with Crippen molar-refractivity contribution in [3.05, 3.63) is 42.5 Å². The Kier molecular flexibility index (Phi) is 4.19. The van der Waals surface area contributed by atoms with E-state index in [1.165, 1.54) is 0 Å². The van der Waals surface area contributed by atoms with Crippen LogP contribution >= 0.6 is 0 Å². The second-order valence-corrected chi connectivity index (χ2v) is 6.19. The molecule has 1 atom stereocenters. The minimum atomic E-state index is -3.57. The summed E-state index contributed by atoms with van der Waals surface area (Å²) < 4.78 is 27.3. The van der Waals surface area contributed by atoms with Gasteiger partial charge in [-0.3, -0.25) is 0 Å². The van der Waals surface area contributed by atoms with Crippen molar-refractivity contribution in [2.75, 3.05) is 6.61 Å². The zero-order valence-electron chi connectivity index (χ0n) is 10.7. The highest BCUT2D eigenvalue weighted by Crippen LogP contribution is 2.22. The summed E-state index contributed by atoms with van der Waals surface area (Å²) >= 11 is 0. The predicted octanol–water partition coefficient (Wildman–Crippen LogP) is 1.89. The molecule has 0 radical (unpaired) electrons.